The minimum absolute atomic E-state index is 0.329. The van der Waals surface area contributed by atoms with Gasteiger partial charge in [-0.2, -0.15) is 5.10 Å². The molecule has 2 N–H and O–H groups in total. The van der Waals surface area contributed by atoms with Crippen LogP contribution in [-0.2, 0) is 28.3 Å². The van der Waals surface area contributed by atoms with Gasteiger partial charge in [-0.3, -0.25) is 4.90 Å². The molecule has 0 aliphatic carbocycles. The van der Waals surface area contributed by atoms with Gasteiger partial charge >= 0.3 is 6.09 Å². The number of rotatable bonds is 4. The van der Waals surface area contributed by atoms with Crippen molar-refractivity contribution in [3.05, 3.63) is 11.3 Å². The van der Waals surface area contributed by atoms with Gasteiger partial charge in [0.2, 0.25) is 0 Å². The van der Waals surface area contributed by atoms with E-state index in [1.165, 1.54) is 0 Å². The lowest BCUT2D eigenvalue weighted by molar-refractivity contribution is 0.00393. The molecular weight excluding hydrogens is 296 g/mol. The van der Waals surface area contributed by atoms with E-state index in [1.807, 2.05) is 41.5 Å². The summed E-state index contributed by atoms with van der Waals surface area (Å²) in [7, 11) is 0. The Hall–Kier alpha value is -1.76. The molecule has 7 nitrogen and oxygen atoms in total. The van der Waals surface area contributed by atoms with Gasteiger partial charge in [0.25, 0.3) is 0 Å². The molecule has 0 radical (unpaired) electrons. The van der Waals surface area contributed by atoms with Crippen molar-refractivity contribution in [2.45, 2.75) is 72.4 Å². The molecule has 130 valence electrons. The van der Waals surface area contributed by atoms with E-state index in [4.69, 9.17) is 15.2 Å². The number of aromatic nitrogens is 2. The number of ether oxygens (including phenoxy) is 2. The maximum absolute atomic E-state index is 12.5. The molecule has 0 atom stereocenters. The van der Waals surface area contributed by atoms with E-state index in [0.29, 0.717) is 25.7 Å². The van der Waals surface area contributed by atoms with Gasteiger partial charge in [0.15, 0.2) is 0 Å². The monoisotopic (exact) mass is 324 g/mol. The van der Waals surface area contributed by atoms with Gasteiger partial charge in [-0.05, 0) is 41.0 Å². The first kappa shape index (κ1) is 17.6. The fourth-order valence-electron chi connectivity index (χ4n) is 2.65. The summed E-state index contributed by atoms with van der Waals surface area (Å²) in [4.78, 5) is 14.1. The molecule has 0 bridgehead atoms. The third-order valence-electron chi connectivity index (χ3n) is 3.84. The van der Waals surface area contributed by atoms with Gasteiger partial charge in [-0.1, -0.05) is 6.92 Å². The van der Waals surface area contributed by atoms with E-state index >= 15 is 0 Å². The van der Waals surface area contributed by atoms with Crippen molar-refractivity contribution in [2.75, 3.05) is 12.3 Å². The van der Waals surface area contributed by atoms with Crippen molar-refractivity contribution in [1.29, 1.82) is 0 Å². The number of amides is 1. The third-order valence-corrected chi connectivity index (χ3v) is 3.84. The fourth-order valence-corrected chi connectivity index (χ4v) is 2.65. The van der Waals surface area contributed by atoms with Crippen LogP contribution in [0.15, 0.2) is 0 Å². The molecule has 1 aliphatic rings. The SMILES string of the molecule is CCCOCn1nc2c(c1N)CN(C(=O)OC(C)(C)C)C2(C)C. The molecule has 2 rings (SSSR count). The van der Waals surface area contributed by atoms with Crippen LogP contribution in [0.1, 0.15) is 59.2 Å². The summed E-state index contributed by atoms with van der Waals surface area (Å²) in [6.07, 6.45) is 0.590. The van der Waals surface area contributed by atoms with Gasteiger partial charge in [-0.15, -0.1) is 0 Å². The summed E-state index contributed by atoms with van der Waals surface area (Å²) in [5.41, 5.74) is 6.77. The highest BCUT2D eigenvalue weighted by molar-refractivity contribution is 5.72. The lowest BCUT2D eigenvalue weighted by Gasteiger charge is -2.33. The number of carbonyl (C=O) groups excluding carboxylic acids is 1. The zero-order valence-corrected chi connectivity index (χ0v) is 15.0. The van der Waals surface area contributed by atoms with Crippen LogP contribution in [0.25, 0.3) is 0 Å². The van der Waals surface area contributed by atoms with Gasteiger partial charge < -0.3 is 15.2 Å². The Labute approximate surface area is 137 Å². The zero-order valence-electron chi connectivity index (χ0n) is 15.0. The quantitative estimate of drug-likeness (QED) is 0.861. The fraction of sp³-hybridized carbons (Fsp3) is 0.750. The van der Waals surface area contributed by atoms with E-state index in [2.05, 4.69) is 5.10 Å². The number of carbonyl (C=O) groups is 1. The molecule has 1 aliphatic heterocycles. The topological polar surface area (TPSA) is 82.6 Å². The number of hydrogen-bond donors (Lipinski definition) is 1. The highest BCUT2D eigenvalue weighted by Gasteiger charge is 2.46. The molecule has 1 aromatic rings. The van der Waals surface area contributed by atoms with Crippen LogP contribution in [0.4, 0.5) is 10.6 Å². The Kier molecular flexibility index (Phi) is 4.61. The van der Waals surface area contributed by atoms with Crippen LogP contribution in [0.3, 0.4) is 0 Å². The summed E-state index contributed by atoms with van der Waals surface area (Å²) in [6.45, 7) is 12.9. The molecule has 0 saturated heterocycles. The number of nitrogen functional groups attached to an aromatic ring is 1. The average molecular weight is 324 g/mol. The standard InChI is InChI=1S/C16H28N4O3/c1-7-8-22-10-20-13(17)11-9-19(14(21)23-15(2,3)4)16(5,6)12(11)18-20/h7-10,17H2,1-6H3. The molecule has 0 saturated carbocycles. The number of anilines is 1. The molecule has 0 unspecified atom stereocenters. The van der Waals surface area contributed by atoms with Crippen molar-refractivity contribution in [3.8, 4) is 0 Å². The van der Waals surface area contributed by atoms with Crippen molar-refractivity contribution < 1.29 is 14.3 Å². The van der Waals surface area contributed by atoms with Crippen LogP contribution < -0.4 is 5.73 Å². The molecule has 2 heterocycles. The van der Waals surface area contributed by atoms with Crippen molar-refractivity contribution in [2.24, 2.45) is 0 Å². The lowest BCUT2D eigenvalue weighted by atomic mass is 10.0. The predicted molar refractivity (Wildman–Crippen MR) is 87.7 cm³/mol. The predicted octanol–water partition coefficient (Wildman–Crippen LogP) is 2.84. The average Bonchev–Trinajstić information content (AvgIpc) is 2.85. The van der Waals surface area contributed by atoms with E-state index in [-0.39, 0.29) is 6.09 Å². The second-order valence-electron chi connectivity index (χ2n) is 7.37. The number of hydrogen-bond acceptors (Lipinski definition) is 5. The van der Waals surface area contributed by atoms with Crippen LogP contribution in [0.5, 0.6) is 0 Å². The minimum Gasteiger partial charge on any atom is -0.444 e. The first-order chi connectivity index (χ1) is 10.6. The summed E-state index contributed by atoms with van der Waals surface area (Å²) < 4.78 is 12.7. The number of fused-ring (bicyclic) bond motifs is 1. The van der Waals surface area contributed by atoms with Crippen molar-refractivity contribution in [3.63, 3.8) is 0 Å². The van der Waals surface area contributed by atoms with Crippen LogP contribution in [-0.4, -0.2) is 33.0 Å². The first-order valence-corrected chi connectivity index (χ1v) is 8.02. The second kappa shape index (κ2) is 6.03. The maximum atomic E-state index is 12.5. The Morgan fingerprint density at radius 1 is 1.39 bits per heavy atom. The number of nitrogens with two attached hydrogens (primary N) is 1. The molecule has 23 heavy (non-hydrogen) atoms. The molecule has 7 heteroatoms. The Morgan fingerprint density at radius 3 is 2.57 bits per heavy atom. The molecule has 1 amide bonds. The van der Waals surface area contributed by atoms with E-state index in [0.717, 1.165) is 17.7 Å². The first-order valence-electron chi connectivity index (χ1n) is 8.02. The third kappa shape index (κ3) is 3.44. The minimum atomic E-state index is -0.568. The van der Waals surface area contributed by atoms with E-state index in [1.54, 1.807) is 9.58 Å². The second-order valence-corrected chi connectivity index (χ2v) is 7.37. The Morgan fingerprint density at radius 2 is 2.04 bits per heavy atom. The van der Waals surface area contributed by atoms with E-state index < -0.39 is 11.1 Å². The largest absolute Gasteiger partial charge is 0.444 e. The highest BCUT2D eigenvalue weighted by Crippen LogP contribution is 2.41. The smallest absolute Gasteiger partial charge is 0.411 e. The normalized spacial score (nSPS) is 16.5. The van der Waals surface area contributed by atoms with Gasteiger partial charge in [0.1, 0.15) is 18.1 Å². The lowest BCUT2D eigenvalue weighted by Crippen LogP contribution is -2.43. The summed E-state index contributed by atoms with van der Waals surface area (Å²) in [5, 5.41) is 4.56. The van der Waals surface area contributed by atoms with Gasteiger partial charge in [0, 0.05) is 12.2 Å². The summed E-state index contributed by atoms with van der Waals surface area (Å²) in [6, 6.07) is 0. The van der Waals surface area contributed by atoms with Crippen molar-refractivity contribution >= 4 is 11.9 Å². The van der Waals surface area contributed by atoms with Crippen LogP contribution >= 0.6 is 0 Å². The molecule has 1 aromatic heterocycles. The molecule has 0 spiro atoms. The van der Waals surface area contributed by atoms with Crippen molar-refractivity contribution in [1.82, 2.24) is 14.7 Å². The molecule has 0 fully saturated rings. The summed E-state index contributed by atoms with van der Waals surface area (Å²) in [5.74, 6) is 0.551. The van der Waals surface area contributed by atoms with Gasteiger partial charge in [-0.25, -0.2) is 9.48 Å². The van der Waals surface area contributed by atoms with Crippen LogP contribution in [0, 0.1) is 0 Å². The summed E-state index contributed by atoms with van der Waals surface area (Å²) >= 11 is 0. The Bertz CT molecular complexity index is 587. The van der Waals surface area contributed by atoms with Gasteiger partial charge in [0.05, 0.1) is 17.8 Å². The highest BCUT2D eigenvalue weighted by atomic mass is 16.6. The van der Waals surface area contributed by atoms with Crippen LogP contribution in [0.2, 0.25) is 0 Å². The molecule has 0 aromatic carbocycles. The zero-order chi connectivity index (χ0) is 17.4. The Balaban J connectivity index is 2.20. The number of nitrogens with zero attached hydrogens (tertiary/aromatic N) is 3. The molecular formula is C16H28N4O3. The maximum Gasteiger partial charge on any atom is 0.411 e. The van der Waals surface area contributed by atoms with E-state index in [9.17, 15) is 4.79 Å².